The molecular formula is C28H30N2O3. The molecule has 0 saturated heterocycles. The molecule has 2 atom stereocenters. The monoisotopic (exact) mass is 442 g/mol. The Balaban J connectivity index is 1.69. The van der Waals surface area contributed by atoms with Gasteiger partial charge in [0.1, 0.15) is 5.54 Å². The Morgan fingerprint density at radius 3 is 2.88 bits per heavy atom. The van der Waals surface area contributed by atoms with Crippen LogP contribution in [0.15, 0.2) is 75.6 Å². The average molecular weight is 443 g/mol. The maximum Gasteiger partial charge on any atom is 0.338 e. The van der Waals surface area contributed by atoms with E-state index in [1.807, 2.05) is 49.6 Å². The number of pyridine rings is 1. The number of nitrogens with zero attached hydrogens (tertiary/aromatic N) is 1. The third kappa shape index (κ3) is 4.40. The molecule has 2 aromatic rings. The number of aromatic amines is 1. The second-order valence-corrected chi connectivity index (χ2v) is 8.68. The number of esters is 1. The van der Waals surface area contributed by atoms with Gasteiger partial charge in [-0.3, -0.25) is 9.79 Å². The van der Waals surface area contributed by atoms with Crippen molar-refractivity contribution in [1.82, 2.24) is 4.98 Å². The van der Waals surface area contributed by atoms with Gasteiger partial charge in [-0.2, -0.15) is 0 Å². The Bertz CT molecular complexity index is 1230. The maximum absolute atomic E-state index is 12.4. The van der Waals surface area contributed by atoms with Crippen molar-refractivity contribution in [2.45, 2.75) is 45.6 Å². The highest BCUT2D eigenvalue weighted by Gasteiger charge is 2.46. The normalized spacial score (nSPS) is 23.1. The molecule has 33 heavy (non-hydrogen) atoms. The molecule has 0 aliphatic heterocycles. The topological polar surface area (TPSA) is 71.5 Å². The van der Waals surface area contributed by atoms with Crippen molar-refractivity contribution >= 4 is 18.3 Å². The molecule has 1 heterocycles. The van der Waals surface area contributed by atoms with E-state index in [1.165, 1.54) is 11.1 Å². The van der Waals surface area contributed by atoms with E-state index >= 15 is 0 Å². The van der Waals surface area contributed by atoms with E-state index in [0.29, 0.717) is 12.2 Å². The zero-order valence-corrected chi connectivity index (χ0v) is 19.4. The second-order valence-electron chi connectivity index (χ2n) is 8.68. The fraction of sp³-hybridized carbons (Fsp3) is 0.321. The van der Waals surface area contributed by atoms with Crippen LogP contribution in [0.5, 0.6) is 0 Å². The van der Waals surface area contributed by atoms with E-state index in [-0.39, 0.29) is 17.4 Å². The molecule has 0 radical (unpaired) electrons. The highest BCUT2D eigenvalue weighted by Crippen LogP contribution is 2.51. The highest BCUT2D eigenvalue weighted by atomic mass is 16.5. The number of fused-ring (bicyclic) bond motifs is 4. The number of allylic oxidation sites excluding steroid dienone is 3. The van der Waals surface area contributed by atoms with Gasteiger partial charge in [0.05, 0.1) is 12.2 Å². The van der Waals surface area contributed by atoms with Gasteiger partial charge in [-0.15, -0.1) is 0 Å². The third-order valence-electron chi connectivity index (χ3n) is 6.35. The summed E-state index contributed by atoms with van der Waals surface area (Å²) in [5.41, 5.74) is 5.31. The van der Waals surface area contributed by atoms with Crippen molar-refractivity contribution in [2.75, 3.05) is 6.61 Å². The minimum atomic E-state index is -0.528. The van der Waals surface area contributed by atoms with Crippen molar-refractivity contribution in [3.8, 4) is 0 Å². The van der Waals surface area contributed by atoms with Gasteiger partial charge < -0.3 is 9.72 Å². The summed E-state index contributed by atoms with van der Waals surface area (Å²) < 4.78 is 5.31. The average Bonchev–Trinajstić information content (AvgIpc) is 2.80. The smallest absolute Gasteiger partial charge is 0.338 e. The lowest BCUT2D eigenvalue weighted by Crippen LogP contribution is -2.40. The number of carbonyl (C=O) groups is 1. The van der Waals surface area contributed by atoms with E-state index in [4.69, 9.17) is 9.73 Å². The zero-order chi connectivity index (χ0) is 23.4. The van der Waals surface area contributed by atoms with Crippen LogP contribution in [-0.4, -0.2) is 23.8 Å². The summed E-state index contributed by atoms with van der Waals surface area (Å²) in [5, 5.41) is 0. The number of benzene rings is 1. The number of rotatable bonds is 6. The van der Waals surface area contributed by atoms with Crippen molar-refractivity contribution in [3.63, 3.8) is 0 Å². The number of aromatic nitrogens is 1. The molecule has 2 aliphatic carbocycles. The standard InChI is InChI=1S/C28H30N2O3/c1-4-15-33-27(32)22-11-7-6-9-20(22)10-8-14-29-28-18-19(3)16-21(23(28)5-2)17-25-24(28)12-13-26(31)30-25/h5-14,16,21H,4,15,17-18H2,1-3H3,(H,30,31)/b10-8+,23-5+,29-14+. The van der Waals surface area contributed by atoms with Crippen LogP contribution in [0.4, 0.5) is 0 Å². The second kappa shape index (κ2) is 9.57. The molecule has 0 fully saturated rings. The highest BCUT2D eigenvalue weighted by molar-refractivity contribution is 5.94. The van der Waals surface area contributed by atoms with E-state index in [9.17, 15) is 9.59 Å². The van der Waals surface area contributed by atoms with Gasteiger partial charge >= 0.3 is 5.97 Å². The first-order valence-electron chi connectivity index (χ1n) is 11.5. The summed E-state index contributed by atoms with van der Waals surface area (Å²) in [4.78, 5) is 32.5. The molecule has 4 rings (SSSR count). The molecule has 1 aromatic heterocycles. The van der Waals surface area contributed by atoms with Crippen LogP contribution in [0.25, 0.3) is 6.08 Å². The molecule has 0 spiro atoms. The summed E-state index contributed by atoms with van der Waals surface area (Å²) in [5.74, 6) is -0.0885. The lowest BCUT2D eigenvalue weighted by atomic mass is 9.63. The summed E-state index contributed by atoms with van der Waals surface area (Å²) in [6.07, 6.45) is 12.4. The largest absolute Gasteiger partial charge is 0.462 e. The van der Waals surface area contributed by atoms with Gasteiger partial charge in [0.25, 0.3) is 0 Å². The van der Waals surface area contributed by atoms with Crippen LogP contribution in [-0.2, 0) is 16.7 Å². The lowest BCUT2D eigenvalue weighted by molar-refractivity contribution is 0.0505. The lowest BCUT2D eigenvalue weighted by Gasteiger charge is -2.45. The molecule has 2 unspecified atom stereocenters. The Kier molecular flexibility index (Phi) is 6.59. The van der Waals surface area contributed by atoms with Crippen LogP contribution in [0.2, 0.25) is 0 Å². The molecule has 5 heteroatoms. The number of hydrogen-bond donors (Lipinski definition) is 1. The number of H-pyrrole nitrogens is 1. The van der Waals surface area contributed by atoms with Gasteiger partial charge in [0.2, 0.25) is 5.56 Å². The predicted molar refractivity (Wildman–Crippen MR) is 133 cm³/mol. The Labute approximate surface area is 194 Å². The molecular weight excluding hydrogens is 412 g/mol. The summed E-state index contributed by atoms with van der Waals surface area (Å²) in [6, 6.07) is 10.9. The molecule has 0 amide bonds. The maximum atomic E-state index is 12.4. The van der Waals surface area contributed by atoms with Crippen LogP contribution < -0.4 is 5.56 Å². The fourth-order valence-corrected chi connectivity index (χ4v) is 5.07. The van der Waals surface area contributed by atoms with Crippen molar-refractivity contribution in [3.05, 3.63) is 98.5 Å². The van der Waals surface area contributed by atoms with E-state index in [0.717, 1.165) is 36.1 Å². The van der Waals surface area contributed by atoms with Crippen molar-refractivity contribution in [1.29, 1.82) is 0 Å². The van der Waals surface area contributed by atoms with E-state index in [2.05, 4.69) is 31.0 Å². The third-order valence-corrected chi connectivity index (χ3v) is 6.35. The van der Waals surface area contributed by atoms with Crippen LogP contribution in [0.3, 0.4) is 0 Å². The molecule has 2 aliphatic rings. The fourth-order valence-electron chi connectivity index (χ4n) is 5.07. The van der Waals surface area contributed by atoms with E-state index in [1.54, 1.807) is 12.1 Å². The number of nitrogens with one attached hydrogen (secondary N) is 1. The predicted octanol–water partition coefficient (Wildman–Crippen LogP) is 5.39. The van der Waals surface area contributed by atoms with Gasteiger partial charge in [0.15, 0.2) is 0 Å². The molecule has 2 bridgehead atoms. The van der Waals surface area contributed by atoms with Crippen LogP contribution in [0.1, 0.15) is 60.8 Å². The Morgan fingerprint density at radius 2 is 2.09 bits per heavy atom. The molecule has 1 N–H and O–H groups in total. The van der Waals surface area contributed by atoms with Gasteiger partial charge in [-0.05, 0) is 56.0 Å². The van der Waals surface area contributed by atoms with Crippen LogP contribution in [0, 0.1) is 5.92 Å². The molecule has 0 saturated carbocycles. The van der Waals surface area contributed by atoms with Gasteiger partial charge in [-0.1, -0.05) is 48.9 Å². The summed E-state index contributed by atoms with van der Waals surface area (Å²) >= 11 is 0. The number of aliphatic imine (C=N–C) groups is 1. The number of ether oxygens (including phenoxy) is 1. The first-order valence-corrected chi connectivity index (χ1v) is 11.5. The number of carbonyl (C=O) groups excluding carboxylic acids is 1. The minimum absolute atomic E-state index is 0.0814. The molecule has 1 aromatic carbocycles. The summed E-state index contributed by atoms with van der Waals surface area (Å²) in [6.45, 7) is 6.59. The Morgan fingerprint density at radius 1 is 1.27 bits per heavy atom. The Hall–Kier alpha value is -3.47. The molecule has 170 valence electrons. The SMILES string of the molecule is C/C=C1\C2C=C(C)CC1(/N=C/C=C/c1ccccc1C(=O)OCCC)c1ccc(=O)[nH]c1C2. The van der Waals surface area contributed by atoms with Crippen LogP contribution >= 0.6 is 0 Å². The van der Waals surface area contributed by atoms with Crippen molar-refractivity contribution in [2.24, 2.45) is 10.9 Å². The van der Waals surface area contributed by atoms with E-state index < -0.39 is 5.54 Å². The van der Waals surface area contributed by atoms with Crippen molar-refractivity contribution < 1.29 is 9.53 Å². The minimum Gasteiger partial charge on any atom is -0.462 e. The number of hydrogen-bond acceptors (Lipinski definition) is 4. The first-order chi connectivity index (χ1) is 16.0. The summed E-state index contributed by atoms with van der Waals surface area (Å²) in [7, 11) is 0. The van der Waals surface area contributed by atoms with Gasteiger partial charge in [0, 0.05) is 35.9 Å². The first kappa shape index (κ1) is 22.7. The molecule has 5 nitrogen and oxygen atoms in total. The zero-order valence-electron chi connectivity index (χ0n) is 19.4. The quantitative estimate of drug-likeness (QED) is 0.370. The van der Waals surface area contributed by atoms with Gasteiger partial charge in [-0.25, -0.2) is 4.79 Å².